The van der Waals surface area contributed by atoms with E-state index < -0.39 is 0 Å². The summed E-state index contributed by atoms with van der Waals surface area (Å²) in [6.07, 6.45) is 1.77. The van der Waals surface area contributed by atoms with Gasteiger partial charge in [-0.25, -0.2) is 4.98 Å². The first-order valence-corrected chi connectivity index (χ1v) is 8.49. The van der Waals surface area contributed by atoms with Crippen LogP contribution in [-0.4, -0.2) is 19.2 Å². The van der Waals surface area contributed by atoms with Crippen LogP contribution in [-0.2, 0) is 0 Å². The van der Waals surface area contributed by atoms with E-state index in [-0.39, 0.29) is 0 Å². The molecule has 0 bridgehead atoms. The summed E-state index contributed by atoms with van der Waals surface area (Å²) in [6, 6.07) is 17.7. The fourth-order valence-corrected chi connectivity index (χ4v) is 3.26. The van der Waals surface area contributed by atoms with E-state index in [4.69, 9.17) is 9.47 Å². The van der Waals surface area contributed by atoms with Crippen molar-refractivity contribution in [1.29, 1.82) is 5.26 Å². The summed E-state index contributed by atoms with van der Waals surface area (Å²) in [7, 11) is 3.17. The summed E-state index contributed by atoms with van der Waals surface area (Å²) in [5.41, 5.74) is 3.15. The molecule has 25 heavy (non-hydrogen) atoms. The molecule has 1 heterocycles. The fraction of sp³-hybridized carbons (Fsp3) is 0.100. The molecule has 4 nitrogen and oxygen atoms in total. The normalized spacial score (nSPS) is 11.0. The standard InChI is InChI=1S/C20H16N2O2S/c1-23-18-10-6-9-15(19(18)24-2)11-16(12-21)20-22-17(13-25-20)14-7-4-3-5-8-14/h3-11,13H,1-2H3/b16-11-. The second-order valence-corrected chi connectivity index (χ2v) is 6.01. The maximum absolute atomic E-state index is 9.59. The number of aromatic nitrogens is 1. The Morgan fingerprint density at radius 2 is 1.88 bits per heavy atom. The lowest BCUT2D eigenvalue weighted by molar-refractivity contribution is 0.354. The van der Waals surface area contributed by atoms with Gasteiger partial charge in [-0.1, -0.05) is 42.5 Å². The fourth-order valence-electron chi connectivity index (χ4n) is 2.46. The summed E-state index contributed by atoms with van der Waals surface area (Å²) in [4.78, 5) is 4.60. The number of allylic oxidation sites excluding steroid dienone is 1. The second kappa shape index (κ2) is 7.65. The first kappa shape index (κ1) is 16.7. The number of methoxy groups -OCH3 is 2. The van der Waals surface area contributed by atoms with Gasteiger partial charge in [0.2, 0.25) is 0 Å². The van der Waals surface area contributed by atoms with Crippen LogP contribution in [0.15, 0.2) is 53.9 Å². The van der Waals surface area contributed by atoms with E-state index in [0.717, 1.165) is 16.8 Å². The van der Waals surface area contributed by atoms with Gasteiger partial charge in [-0.3, -0.25) is 0 Å². The van der Waals surface area contributed by atoms with Crippen molar-refractivity contribution in [3.8, 4) is 28.8 Å². The van der Waals surface area contributed by atoms with Crippen LogP contribution in [0, 0.1) is 11.3 Å². The lowest BCUT2D eigenvalue weighted by atomic mass is 10.1. The zero-order valence-corrected chi connectivity index (χ0v) is 14.7. The molecule has 0 fully saturated rings. The van der Waals surface area contributed by atoms with Crippen molar-refractivity contribution >= 4 is 23.0 Å². The van der Waals surface area contributed by atoms with Crippen LogP contribution >= 0.6 is 11.3 Å². The zero-order valence-electron chi connectivity index (χ0n) is 13.9. The summed E-state index contributed by atoms with van der Waals surface area (Å²) >= 11 is 1.45. The predicted octanol–water partition coefficient (Wildman–Crippen LogP) is 4.89. The van der Waals surface area contributed by atoms with Gasteiger partial charge in [-0.05, 0) is 12.1 Å². The minimum atomic E-state index is 0.485. The third-order valence-electron chi connectivity index (χ3n) is 3.66. The average molecular weight is 348 g/mol. The Bertz CT molecular complexity index is 940. The summed E-state index contributed by atoms with van der Waals surface area (Å²) < 4.78 is 10.7. The highest BCUT2D eigenvalue weighted by Gasteiger charge is 2.12. The molecule has 0 N–H and O–H groups in total. The number of ether oxygens (including phenoxy) is 2. The largest absolute Gasteiger partial charge is 0.493 e. The third-order valence-corrected chi connectivity index (χ3v) is 4.53. The molecule has 0 unspecified atom stereocenters. The Labute approximate surface area is 150 Å². The van der Waals surface area contributed by atoms with Crippen LogP contribution in [0.25, 0.3) is 22.9 Å². The van der Waals surface area contributed by atoms with Crippen molar-refractivity contribution in [2.75, 3.05) is 14.2 Å². The van der Waals surface area contributed by atoms with Crippen LogP contribution in [0.4, 0.5) is 0 Å². The third kappa shape index (κ3) is 3.54. The molecule has 3 aromatic rings. The number of benzene rings is 2. The van der Waals surface area contributed by atoms with Crippen molar-refractivity contribution in [2.45, 2.75) is 0 Å². The summed E-state index contributed by atoms with van der Waals surface area (Å²) in [5.74, 6) is 1.22. The Kier molecular flexibility index (Phi) is 5.12. The Morgan fingerprint density at radius 1 is 1.08 bits per heavy atom. The Morgan fingerprint density at radius 3 is 2.56 bits per heavy atom. The van der Waals surface area contributed by atoms with E-state index in [1.807, 2.05) is 53.9 Å². The van der Waals surface area contributed by atoms with E-state index in [0.29, 0.717) is 22.1 Å². The van der Waals surface area contributed by atoms with Gasteiger partial charge in [0.15, 0.2) is 11.5 Å². The van der Waals surface area contributed by atoms with Gasteiger partial charge in [-0.15, -0.1) is 11.3 Å². The maximum atomic E-state index is 9.59. The second-order valence-electron chi connectivity index (χ2n) is 5.16. The molecule has 0 spiro atoms. The first-order chi connectivity index (χ1) is 12.3. The summed E-state index contributed by atoms with van der Waals surface area (Å²) in [6.45, 7) is 0. The lowest BCUT2D eigenvalue weighted by Gasteiger charge is -2.10. The minimum Gasteiger partial charge on any atom is -0.493 e. The van der Waals surface area contributed by atoms with Crippen molar-refractivity contribution in [1.82, 2.24) is 4.98 Å². The molecular weight excluding hydrogens is 332 g/mol. The van der Waals surface area contributed by atoms with Gasteiger partial charge in [0, 0.05) is 16.5 Å². The predicted molar refractivity (Wildman–Crippen MR) is 101 cm³/mol. The molecule has 0 aliphatic carbocycles. The van der Waals surface area contributed by atoms with Crippen LogP contribution in [0.1, 0.15) is 10.6 Å². The molecule has 0 aliphatic heterocycles. The number of hydrogen-bond donors (Lipinski definition) is 0. The van der Waals surface area contributed by atoms with E-state index in [2.05, 4.69) is 11.1 Å². The molecule has 0 saturated heterocycles. The van der Waals surface area contributed by atoms with Crippen LogP contribution in [0.3, 0.4) is 0 Å². The van der Waals surface area contributed by atoms with Crippen molar-refractivity contribution in [2.24, 2.45) is 0 Å². The smallest absolute Gasteiger partial charge is 0.167 e. The first-order valence-electron chi connectivity index (χ1n) is 7.61. The highest BCUT2D eigenvalue weighted by atomic mass is 32.1. The number of hydrogen-bond acceptors (Lipinski definition) is 5. The summed E-state index contributed by atoms with van der Waals surface area (Å²) in [5, 5.41) is 12.2. The highest BCUT2D eigenvalue weighted by molar-refractivity contribution is 7.11. The molecule has 0 aliphatic rings. The van der Waals surface area contributed by atoms with Crippen molar-refractivity contribution in [3.05, 3.63) is 64.5 Å². The van der Waals surface area contributed by atoms with Gasteiger partial charge in [0.1, 0.15) is 11.1 Å². The van der Waals surface area contributed by atoms with Crippen LogP contribution in [0.5, 0.6) is 11.5 Å². The zero-order chi connectivity index (χ0) is 17.6. The van der Waals surface area contributed by atoms with Gasteiger partial charge in [0.25, 0.3) is 0 Å². The number of rotatable bonds is 5. The van der Waals surface area contributed by atoms with Crippen molar-refractivity contribution in [3.63, 3.8) is 0 Å². The Balaban J connectivity index is 2.01. The molecule has 0 radical (unpaired) electrons. The van der Waals surface area contributed by atoms with E-state index in [1.165, 1.54) is 11.3 Å². The Hall–Kier alpha value is -3.10. The number of nitriles is 1. The topological polar surface area (TPSA) is 55.1 Å². The number of para-hydroxylation sites is 1. The molecule has 3 rings (SSSR count). The lowest BCUT2D eigenvalue weighted by Crippen LogP contribution is -1.93. The maximum Gasteiger partial charge on any atom is 0.167 e. The molecule has 0 amide bonds. The van der Waals surface area contributed by atoms with Gasteiger partial charge < -0.3 is 9.47 Å². The highest BCUT2D eigenvalue weighted by Crippen LogP contribution is 2.34. The van der Waals surface area contributed by atoms with Gasteiger partial charge in [0.05, 0.1) is 25.5 Å². The molecule has 1 aromatic heterocycles. The quantitative estimate of drug-likeness (QED) is 0.616. The SMILES string of the molecule is COc1cccc(/C=C(/C#N)c2nc(-c3ccccc3)cs2)c1OC. The molecule has 124 valence electrons. The number of nitrogens with zero attached hydrogens (tertiary/aromatic N) is 2. The van der Waals surface area contributed by atoms with Crippen LogP contribution in [0.2, 0.25) is 0 Å². The van der Waals surface area contributed by atoms with E-state index in [1.54, 1.807) is 20.3 Å². The molecule has 0 saturated carbocycles. The van der Waals surface area contributed by atoms with Crippen LogP contribution < -0.4 is 9.47 Å². The molecule has 0 atom stereocenters. The number of thiazole rings is 1. The van der Waals surface area contributed by atoms with Gasteiger partial charge >= 0.3 is 0 Å². The molecule has 5 heteroatoms. The monoisotopic (exact) mass is 348 g/mol. The van der Waals surface area contributed by atoms with E-state index in [9.17, 15) is 5.26 Å². The minimum absolute atomic E-state index is 0.485. The van der Waals surface area contributed by atoms with E-state index >= 15 is 0 Å². The van der Waals surface area contributed by atoms with Crippen molar-refractivity contribution < 1.29 is 9.47 Å². The average Bonchev–Trinajstić information content (AvgIpc) is 3.16. The molecular formula is C20H16N2O2S. The van der Waals surface area contributed by atoms with Gasteiger partial charge in [-0.2, -0.15) is 5.26 Å². The molecule has 2 aromatic carbocycles.